The Kier molecular flexibility index (Phi) is 4.70. The first-order valence-electron chi connectivity index (χ1n) is 5.91. The van der Waals surface area contributed by atoms with Crippen LogP contribution in [0.2, 0.25) is 10.0 Å². The van der Waals surface area contributed by atoms with Crippen molar-refractivity contribution in [1.82, 2.24) is 5.32 Å². The number of rotatable bonds is 5. The summed E-state index contributed by atoms with van der Waals surface area (Å²) in [6.07, 6.45) is 2.43. The molecule has 0 saturated heterocycles. The first kappa shape index (κ1) is 13.5. The fourth-order valence-electron chi connectivity index (χ4n) is 1.93. The van der Waals surface area contributed by atoms with Gasteiger partial charge in [0.2, 0.25) is 0 Å². The normalized spacial score (nSPS) is 12.6. The fourth-order valence-corrected chi connectivity index (χ4v) is 2.32. The minimum absolute atomic E-state index is 0.112. The summed E-state index contributed by atoms with van der Waals surface area (Å²) in [5.41, 5.74) is 1.02. The van der Waals surface area contributed by atoms with Gasteiger partial charge < -0.3 is 9.73 Å². The van der Waals surface area contributed by atoms with Crippen LogP contribution in [0.3, 0.4) is 0 Å². The maximum atomic E-state index is 6.18. The van der Waals surface area contributed by atoms with Crippen molar-refractivity contribution in [1.29, 1.82) is 0 Å². The van der Waals surface area contributed by atoms with E-state index >= 15 is 0 Å². The molecule has 1 N–H and O–H groups in total. The van der Waals surface area contributed by atoms with Gasteiger partial charge in [0.15, 0.2) is 0 Å². The summed E-state index contributed by atoms with van der Waals surface area (Å²) in [7, 11) is 0. The Hall–Kier alpha value is -0.960. The summed E-state index contributed by atoms with van der Waals surface area (Å²) in [5.74, 6) is 0.910. The Balaban J connectivity index is 2.21. The number of nitrogens with one attached hydrogen (secondary N) is 1. The van der Waals surface area contributed by atoms with E-state index in [1.54, 1.807) is 12.3 Å². The molecule has 18 heavy (non-hydrogen) atoms. The van der Waals surface area contributed by atoms with Crippen LogP contribution in [0.25, 0.3) is 0 Å². The second kappa shape index (κ2) is 6.28. The molecule has 0 aliphatic rings. The smallest absolute Gasteiger partial charge is 0.121 e. The third-order valence-corrected chi connectivity index (χ3v) is 3.37. The molecule has 1 atom stereocenters. The average molecular weight is 284 g/mol. The van der Waals surface area contributed by atoms with E-state index in [1.165, 1.54) is 0 Å². The molecule has 0 aliphatic heterocycles. The number of likely N-dealkylation sites (N-methyl/N-ethyl adjacent to an activating group) is 1. The van der Waals surface area contributed by atoms with E-state index in [9.17, 15) is 0 Å². The molecule has 0 saturated carbocycles. The number of hydrogen-bond acceptors (Lipinski definition) is 2. The molecule has 1 heterocycles. The molecule has 2 nitrogen and oxygen atoms in total. The lowest BCUT2D eigenvalue weighted by Gasteiger charge is -2.16. The lowest BCUT2D eigenvalue weighted by atomic mass is 10.0. The molecule has 0 amide bonds. The molecule has 2 rings (SSSR count). The first-order chi connectivity index (χ1) is 8.70. The van der Waals surface area contributed by atoms with Crippen molar-refractivity contribution in [2.75, 3.05) is 6.54 Å². The predicted octanol–water partition coefficient (Wildman–Crippen LogP) is 4.48. The summed E-state index contributed by atoms with van der Waals surface area (Å²) in [6.45, 7) is 2.93. The van der Waals surface area contributed by atoms with Gasteiger partial charge in [-0.3, -0.25) is 0 Å². The molecule has 1 aromatic heterocycles. The van der Waals surface area contributed by atoms with Crippen LogP contribution in [0.4, 0.5) is 0 Å². The average Bonchev–Trinajstić information content (AvgIpc) is 2.87. The van der Waals surface area contributed by atoms with Gasteiger partial charge in [-0.2, -0.15) is 0 Å². The van der Waals surface area contributed by atoms with Crippen LogP contribution in [0, 0.1) is 0 Å². The van der Waals surface area contributed by atoms with Crippen LogP contribution >= 0.6 is 23.2 Å². The van der Waals surface area contributed by atoms with E-state index in [0.29, 0.717) is 5.02 Å². The minimum Gasteiger partial charge on any atom is -0.468 e. The predicted molar refractivity (Wildman–Crippen MR) is 75.3 cm³/mol. The molecule has 0 spiro atoms. The highest BCUT2D eigenvalue weighted by Crippen LogP contribution is 2.26. The monoisotopic (exact) mass is 283 g/mol. The molecule has 0 bridgehead atoms. The second-order valence-electron chi connectivity index (χ2n) is 4.07. The molecule has 1 aromatic carbocycles. The lowest BCUT2D eigenvalue weighted by Crippen LogP contribution is -2.22. The van der Waals surface area contributed by atoms with Gasteiger partial charge in [-0.15, -0.1) is 0 Å². The Morgan fingerprint density at radius 3 is 2.78 bits per heavy atom. The zero-order valence-corrected chi connectivity index (χ0v) is 11.6. The highest BCUT2D eigenvalue weighted by Gasteiger charge is 2.15. The fraction of sp³-hybridized carbons (Fsp3) is 0.286. The van der Waals surface area contributed by atoms with E-state index in [2.05, 4.69) is 12.2 Å². The standard InChI is InChI=1S/C14H15Cl2NO/c1-2-17-13(14-4-3-7-18-14)9-10-8-11(15)5-6-12(10)16/h3-8,13,17H,2,9H2,1H3. The van der Waals surface area contributed by atoms with Crippen LogP contribution in [0.5, 0.6) is 0 Å². The molecule has 1 unspecified atom stereocenters. The van der Waals surface area contributed by atoms with Crippen molar-refractivity contribution < 1.29 is 4.42 Å². The van der Waals surface area contributed by atoms with Gasteiger partial charge in [-0.25, -0.2) is 0 Å². The molecular formula is C14H15Cl2NO. The van der Waals surface area contributed by atoms with Gasteiger partial charge in [-0.05, 0) is 48.9 Å². The third-order valence-electron chi connectivity index (χ3n) is 2.77. The highest BCUT2D eigenvalue weighted by molar-refractivity contribution is 6.33. The van der Waals surface area contributed by atoms with Gasteiger partial charge in [0.25, 0.3) is 0 Å². The van der Waals surface area contributed by atoms with E-state index < -0.39 is 0 Å². The second-order valence-corrected chi connectivity index (χ2v) is 4.91. The van der Waals surface area contributed by atoms with Crippen molar-refractivity contribution in [2.45, 2.75) is 19.4 Å². The van der Waals surface area contributed by atoms with E-state index in [0.717, 1.165) is 29.3 Å². The molecule has 2 aromatic rings. The van der Waals surface area contributed by atoms with E-state index in [4.69, 9.17) is 27.6 Å². The highest BCUT2D eigenvalue weighted by atomic mass is 35.5. The summed E-state index contributed by atoms with van der Waals surface area (Å²) in [4.78, 5) is 0. The summed E-state index contributed by atoms with van der Waals surface area (Å²) >= 11 is 12.2. The van der Waals surface area contributed by atoms with Crippen LogP contribution in [-0.4, -0.2) is 6.54 Å². The zero-order valence-electron chi connectivity index (χ0n) is 10.1. The summed E-state index contributed by atoms with van der Waals surface area (Å²) < 4.78 is 5.45. The Labute approximate surface area is 117 Å². The summed E-state index contributed by atoms with van der Waals surface area (Å²) in [5, 5.41) is 4.81. The van der Waals surface area contributed by atoms with E-state index in [1.807, 2.05) is 24.3 Å². The van der Waals surface area contributed by atoms with Crippen LogP contribution in [0.1, 0.15) is 24.3 Å². The molecular weight excluding hydrogens is 269 g/mol. The largest absolute Gasteiger partial charge is 0.468 e. The maximum Gasteiger partial charge on any atom is 0.121 e. The minimum atomic E-state index is 0.112. The number of halogens is 2. The van der Waals surface area contributed by atoms with E-state index in [-0.39, 0.29) is 6.04 Å². The van der Waals surface area contributed by atoms with Crippen molar-refractivity contribution in [2.24, 2.45) is 0 Å². The van der Waals surface area contributed by atoms with Gasteiger partial charge in [-0.1, -0.05) is 30.1 Å². The number of furan rings is 1. The zero-order chi connectivity index (χ0) is 13.0. The van der Waals surface area contributed by atoms with Crippen LogP contribution in [-0.2, 0) is 6.42 Å². The topological polar surface area (TPSA) is 25.2 Å². The quantitative estimate of drug-likeness (QED) is 0.875. The van der Waals surface area contributed by atoms with Crippen molar-refractivity contribution in [3.05, 3.63) is 58.0 Å². The van der Waals surface area contributed by atoms with Crippen molar-refractivity contribution in [3.8, 4) is 0 Å². The molecule has 0 fully saturated rings. The van der Waals surface area contributed by atoms with Gasteiger partial charge in [0.1, 0.15) is 5.76 Å². The van der Waals surface area contributed by atoms with Crippen molar-refractivity contribution >= 4 is 23.2 Å². The number of benzene rings is 1. The van der Waals surface area contributed by atoms with Gasteiger partial charge in [0, 0.05) is 10.0 Å². The summed E-state index contributed by atoms with van der Waals surface area (Å²) in [6, 6.07) is 9.48. The third kappa shape index (κ3) is 3.29. The Morgan fingerprint density at radius 2 is 2.11 bits per heavy atom. The van der Waals surface area contributed by atoms with Gasteiger partial charge in [0.05, 0.1) is 12.3 Å². The molecule has 0 radical (unpaired) electrons. The SMILES string of the molecule is CCNC(Cc1cc(Cl)ccc1Cl)c1ccco1. The Bertz CT molecular complexity index is 497. The Morgan fingerprint density at radius 1 is 1.28 bits per heavy atom. The molecule has 4 heteroatoms. The maximum absolute atomic E-state index is 6.18. The lowest BCUT2D eigenvalue weighted by molar-refractivity contribution is 0.416. The van der Waals surface area contributed by atoms with Gasteiger partial charge >= 0.3 is 0 Å². The number of hydrogen-bond donors (Lipinski definition) is 1. The van der Waals surface area contributed by atoms with Crippen LogP contribution < -0.4 is 5.32 Å². The molecule has 96 valence electrons. The van der Waals surface area contributed by atoms with Crippen molar-refractivity contribution in [3.63, 3.8) is 0 Å². The first-order valence-corrected chi connectivity index (χ1v) is 6.67. The van der Waals surface area contributed by atoms with Crippen LogP contribution in [0.15, 0.2) is 41.0 Å². The molecule has 0 aliphatic carbocycles.